The summed E-state index contributed by atoms with van der Waals surface area (Å²) in [6.07, 6.45) is 1.52. The lowest BCUT2D eigenvalue weighted by molar-refractivity contribution is -0.124. The molecule has 0 saturated carbocycles. The van der Waals surface area contributed by atoms with Gasteiger partial charge in [-0.1, -0.05) is 11.8 Å². The van der Waals surface area contributed by atoms with Crippen molar-refractivity contribution >= 4 is 40.5 Å². The van der Waals surface area contributed by atoms with Crippen molar-refractivity contribution in [2.45, 2.75) is 12.8 Å². The van der Waals surface area contributed by atoms with Crippen molar-refractivity contribution in [1.82, 2.24) is 9.88 Å². The van der Waals surface area contributed by atoms with E-state index < -0.39 is 5.92 Å². The Bertz CT molecular complexity index is 575. The van der Waals surface area contributed by atoms with Gasteiger partial charge in [0, 0.05) is 23.8 Å². The first kappa shape index (κ1) is 14.7. The molecule has 104 valence electrons. The van der Waals surface area contributed by atoms with E-state index in [-0.39, 0.29) is 23.4 Å². The predicted octanol–water partition coefficient (Wildman–Crippen LogP) is 1.82. The first-order valence-electron chi connectivity index (χ1n) is 5.90. The highest BCUT2D eigenvalue weighted by molar-refractivity contribution is 8.14. The zero-order chi connectivity index (χ0) is 14.5. The minimum Gasteiger partial charge on any atom is -0.294 e. The Labute approximate surface area is 124 Å². The fourth-order valence-corrected chi connectivity index (χ4v) is 3.15. The molecular weight excluding hydrogens is 296 g/mol. The van der Waals surface area contributed by atoms with Crippen LogP contribution in [0.4, 0.5) is 4.79 Å². The molecule has 8 heteroatoms. The van der Waals surface area contributed by atoms with Gasteiger partial charge in [0.25, 0.3) is 5.24 Å². The fraction of sp³-hybridized carbons (Fsp3) is 0.417. The molecule has 1 aliphatic heterocycles. The van der Waals surface area contributed by atoms with Crippen molar-refractivity contribution in [3.05, 3.63) is 16.1 Å². The number of hydrogen-bond donors (Lipinski definition) is 0. The van der Waals surface area contributed by atoms with Crippen LogP contribution in [0.1, 0.15) is 16.6 Å². The Hall–Kier alpha value is -1.72. The van der Waals surface area contributed by atoms with Crippen LogP contribution in [0.25, 0.3) is 0 Å². The van der Waals surface area contributed by atoms with E-state index in [9.17, 15) is 9.59 Å². The third kappa shape index (κ3) is 3.43. The summed E-state index contributed by atoms with van der Waals surface area (Å²) in [7, 11) is 0. The largest absolute Gasteiger partial charge is 0.294 e. The molecule has 0 radical (unpaired) electrons. The van der Waals surface area contributed by atoms with Gasteiger partial charge in [-0.25, -0.2) is 4.98 Å². The molecule has 1 atom stereocenters. The molecule has 6 nitrogen and oxygen atoms in total. The molecule has 2 heterocycles. The van der Waals surface area contributed by atoms with Crippen LogP contribution >= 0.6 is 23.1 Å². The highest BCUT2D eigenvalue weighted by atomic mass is 32.2. The van der Waals surface area contributed by atoms with E-state index in [2.05, 4.69) is 16.0 Å². The molecule has 20 heavy (non-hydrogen) atoms. The van der Waals surface area contributed by atoms with Crippen LogP contribution in [0.2, 0.25) is 0 Å². The normalized spacial score (nSPS) is 16.9. The van der Waals surface area contributed by atoms with Crippen LogP contribution in [0.3, 0.4) is 0 Å². The number of aryl methyl sites for hydroxylation is 1. The van der Waals surface area contributed by atoms with Crippen molar-refractivity contribution in [1.29, 1.82) is 5.26 Å². The van der Waals surface area contributed by atoms with Crippen LogP contribution in [-0.2, 0) is 4.79 Å². The maximum absolute atomic E-state index is 11.4. The third-order valence-electron chi connectivity index (χ3n) is 2.59. The van der Waals surface area contributed by atoms with Gasteiger partial charge in [-0.15, -0.1) is 11.3 Å². The van der Waals surface area contributed by atoms with Gasteiger partial charge in [-0.05, 0) is 6.92 Å². The molecule has 0 unspecified atom stereocenters. The number of rotatable bonds is 5. The summed E-state index contributed by atoms with van der Waals surface area (Å²) in [4.78, 5) is 32.3. The molecule has 2 rings (SSSR count). The molecule has 1 saturated heterocycles. The Kier molecular flexibility index (Phi) is 4.87. The Morgan fingerprint density at radius 3 is 3.00 bits per heavy atom. The zero-order valence-corrected chi connectivity index (χ0v) is 12.4. The molecule has 1 aliphatic rings. The second kappa shape index (κ2) is 6.63. The van der Waals surface area contributed by atoms with Crippen LogP contribution in [0.15, 0.2) is 10.4 Å². The predicted molar refractivity (Wildman–Crippen MR) is 78.1 cm³/mol. The molecular formula is C12H12N4O2S2. The number of aliphatic imine (C=N–C) groups is 1. The molecule has 0 aliphatic carbocycles. The van der Waals surface area contributed by atoms with Gasteiger partial charge in [0.15, 0.2) is 0 Å². The fourth-order valence-electron chi connectivity index (χ4n) is 1.60. The van der Waals surface area contributed by atoms with Gasteiger partial charge in [-0.3, -0.25) is 19.5 Å². The van der Waals surface area contributed by atoms with Crippen molar-refractivity contribution in [3.63, 3.8) is 0 Å². The smallest absolute Gasteiger partial charge is 0.288 e. The van der Waals surface area contributed by atoms with E-state index in [1.807, 2.05) is 12.3 Å². The number of thioether (sulfide) groups is 1. The summed E-state index contributed by atoms with van der Waals surface area (Å²) < 4.78 is 0. The Balaban J connectivity index is 1.88. The number of amides is 2. The average Bonchev–Trinajstić information content (AvgIpc) is 2.98. The highest BCUT2D eigenvalue weighted by Gasteiger charge is 2.28. The molecule has 0 N–H and O–H groups in total. The van der Waals surface area contributed by atoms with Gasteiger partial charge in [0.1, 0.15) is 10.9 Å². The van der Waals surface area contributed by atoms with E-state index >= 15 is 0 Å². The lowest BCUT2D eigenvalue weighted by atomic mass is 10.2. The third-order valence-corrected chi connectivity index (χ3v) is 4.49. The molecule has 2 amide bonds. The second-order valence-corrected chi connectivity index (χ2v) is 5.91. The zero-order valence-electron chi connectivity index (χ0n) is 10.8. The number of hydrogen-bond acceptors (Lipinski definition) is 7. The van der Waals surface area contributed by atoms with Gasteiger partial charge in [-0.2, -0.15) is 5.26 Å². The summed E-state index contributed by atoms with van der Waals surface area (Å²) >= 11 is 2.43. The minimum absolute atomic E-state index is 0.178. The molecule has 1 fully saturated rings. The maximum atomic E-state index is 11.4. The van der Waals surface area contributed by atoms with Gasteiger partial charge >= 0.3 is 0 Å². The number of thiazole rings is 1. The number of carbonyl (C=O) groups is 2. The molecule has 0 spiro atoms. The average molecular weight is 308 g/mol. The summed E-state index contributed by atoms with van der Waals surface area (Å²) in [6, 6.07) is 2.12. The van der Waals surface area contributed by atoms with Gasteiger partial charge in [0.2, 0.25) is 5.91 Å². The first-order chi connectivity index (χ1) is 9.61. The number of aromatic nitrogens is 1. The summed E-state index contributed by atoms with van der Waals surface area (Å²) in [5.74, 6) is -0.447. The van der Waals surface area contributed by atoms with Gasteiger partial charge in [0.05, 0.1) is 18.4 Å². The van der Waals surface area contributed by atoms with Gasteiger partial charge < -0.3 is 0 Å². The van der Waals surface area contributed by atoms with E-state index in [4.69, 9.17) is 5.26 Å². The summed E-state index contributed by atoms with van der Waals surface area (Å²) in [5.41, 5.74) is 0.879. The van der Waals surface area contributed by atoms with Crippen LogP contribution in [-0.4, -0.2) is 46.1 Å². The van der Waals surface area contributed by atoms with E-state index in [0.29, 0.717) is 11.6 Å². The van der Waals surface area contributed by atoms with Crippen molar-refractivity contribution in [2.75, 3.05) is 18.8 Å². The number of carbonyl (C=O) groups excluding carboxylic acids is 2. The minimum atomic E-state index is -0.479. The van der Waals surface area contributed by atoms with Crippen molar-refractivity contribution in [2.24, 2.45) is 4.99 Å². The van der Waals surface area contributed by atoms with Crippen LogP contribution in [0, 0.1) is 18.3 Å². The quantitative estimate of drug-likeness (QED) is 0.774. The molecule has 1 aromatic rings. The molecule has 1 aromatic heterocycles. The summed E-state index contributed by atoms with van der Waals surface area (Å²) in [6.45, 7) is 2.44. The highest BCUT2D eigenvalue weighted by Crippen LogP contribution is 2.19. The summed E-state index contributed by atoms with van der Waals surface area (Å²) in [5, 5.41) is 11.5. The second-order valence-electron chi connectivity index (χ2n) is 4.09. The standard InChI is InChI=1S/C12H12N4O2S2/c1-8-6-19-11(15-8)9(4-13)5-14-2-3-16-10(17)7-20-12(16)18/h5-6,9H,2-3,7H2,1H3/t9-/m1/s1. The molecule has 0 bridgehead atoms. The SMILES string of the molecule is Cc1csc([C@H](C#N)C=NCCN2C(=O)CSC2=O)n1. The van der Waals surface area contributed by atoms with Crippen LogP contribution < -0.4 is 0 Å². The number of nitrogens with zero attached hydrogens (tertiary/aromatic N) is 4. The van der Waals surface area contributed by atoms with Crippen molar-refractivity contribution in [3.8, 4) is 6.07 Å². The first-order valence-corrected chi connectivity index (χ1v) is 7.77. The van der Waals surface area contributed by atoms with E-state index in [1.54, 1.807) is 0 Å². The molecule has 0 aromatic carbocycles. The van der Waals surface area contributed by atoms with E-state index in [0.717, 1.165) is 17.5 Å². The number of imide groups is 1. The Morgan fingerprint density at radius 2 is 2.45 bits per heavy atom. The lowest BCUT2D eigenvalue weighted by Crippen LogP contribution is -2.31. The monoisotopic (exact) mass is 308 g/mol. The Morgan fingerprint density at radius 1 is 1.65 bits per heavy atom. The number of nitriles is 1. The topological polar surface area (TPSA) is 86.4 Å². The van der Waals surface area contributed by atoms with Crippen LogP contribution in [0.5, 0.6) is 0 Å². The lowest BCUT2D eigenvalue weighted by Gasteiger charge is -2.10. The maximum Gasteiger partial charge on any atom is 0.288 e. The van der Waals surface area contributed by atoms with E-state index in [1.165, 1.54) is 22.5 Å². The van der Waals surface area contributed by atoms with Crippen molar-refractivity contribution < 1.29 is 9.59 Å².